The largest absolute Gasteiger partial charge is 0.478 e. The van der Waals surface area contributed by atoms with Crippen molar-refractivity contribution < 1.29 is 9.90 Å². The second kappa shape index (κ2) is 7.55. The fraction of sp³-hybridized carbons (Fsp3) is 0.562. The van der Waals surface area contributed by atoms with Crippen LogP contribution in [0.1, 0.15) is 56.8 Å². The van der Waals surface area contributed by atoms with E-state index in [1.165, 1.54) is 25.3 Å². The Morgan fingerprint density at radius 2 is 2.05 bits per heavy atom. The maximum atomic E-state index is 11.3. The Balaban J connectivity index is 2.81. The number of unbranched alkanes of at least 4 members (excludes halogenated alkanes) is 2. The Labute approximate surface area is 131 Å². The molecule has 1 rings (SSSR count). The van der Waals surface area contributed by atoms with Gasteiger partial charge in [0, 0.05) is 12.2 Å². The monoisotopic (exact) mass is 312 g/mol. The van der Waals surface area contributed by atoms with Crippen LogP contribution in [0.5, 0.6) is 0 Å². The summed E-state index contributed by atoms with van der Waals surface area (Å²) in [6.07, 6.45) is 4.66. The predicted octanol–water partition coefficient (Wildman–Crippen LogP) is 4.64. The number of aromatic carboxylic acids is 1. The van der Waals surface area contributed by atoms with Crippen LogP contribution in [-0.4, -0.2) is 17.6 Å². The Bertz CT molecular complexity index is 501. The molecule has 0 saturated carbocycles. The summed E-state index contributed by atoms with van der Waals surface area (Å²) >= 11 is 6.13. The number of nitrogens with two attached hydrogens (primary N) is 1. The quantitative estimate of drug-likeness (QED) is 0.483. The number of carboxylic acid groups (broad SMARTS) is 1. The number of anilines is 2. The zero-order valence-corrected chi connectivity index (χ0v) is 13.8. The second-order valence-corrected chi connectivity index (χ2v) is 6.61. The second-order valence-electron chi connectivity index (χ2n) is 6.21. The molecule has 0 amide bonds. The summed E-state index contributed by atoms with van der Waals surface area (Å²) in [5.74, 6) is -1.03. The van der Waals surface area contributed by atoms with E-state index < -0.39 is 5.97 Å². The van der Waals surface area contributed by atoms with Gasteiger partial charge < -0.3 is 16.2 Å². The highest BCUT2D eigenvalue weighted by molar-refractivity contribution is 6.34. The average Bonchev–Trinajstić information content (AvgIpc) is 2.36. The molecule has 0 spiro atoms. The van der Waals surface area contributed by atoms with Crippen LogP contribution in [0.4, 0.5) is 11.4 Å². The molecule has 0 atom stereocenters. The van der Waals surface area contributed by atoms with Crippen molar-refractivity contribution in [2.75, 3.05) is 17.6 Å². The lowest BCUT2D eigenvalue weighted by atomic mass is 9.86. The molecule has 0 radical (unpaired) electrons. The summed E-state index contributed by atoms with van der Waals surface area (Å²) < 4.78 is 0. The molecule has 0 saturated heterocycles. The number of halogens is 1. The van der Waals surface area contributed by atoms with Crippen molar-refractivity contribution in [1.82, 2.24) is 0 Å². The average molecular weight is 313 g/mol. The van der Waals surface area contributed by atoms with E-state index in [1.54, 1.807) is 6.07 Å². The van der Waals surface area contributed by atoms with Gasteiger partial charge >= 0.3 is 5.97 Å². The van der Waals surface area contributed by atoms with Crippen LogP contribution in [0.3, 0.4) is 0 Å². The summed E-state index contributed by atoms with van der Waals surface area (Å²) in [6, 6.07) is 3.00. The van der Waals surface area contributed by atoms with Crippen LogP contribution >= 0.6 is 11.6 Å². The summed E-state index contributed by atoms with van der Waals surface area (Å²) in [7, 11) is 0. The van der Waals surface area contributed by atoms with Gasteiger partial charge in [-0.25, -0.2) is 4.79 Å². The Kier molecular flexibility index (Phi) is 6.34. The standard InChI is InChI=1S/C16H25ClN2O2/c1-4-5-6-7-16(2,3)10-19-14-12(15(20)21)8-11(18)9-13(14)17/h8-9,19H,4-7,10,18H2,1-3H3,(H,20,21). The van der Waals surface area contributed by atoms with E-state index >= 15 is 0 Å². The van der Waals surface area contributed by atoms with Gasteiger partial charge in [-0.15, -0.1) is 0 Å². The molecular weight excluding hydrogens is 288 g/mol. The Morgan fingerprint density at radius 3 is 2.62 bits per heavy atom. The van der Waals surface area contributed by atoms with Crippen LogP contribution in [-0.2, 0) is 0 Å². The first kappa shape index (κ1) is 17.6. The molecular formula is C16H25ClN2O2. The van der Waals surface area contributed by atoms with Crippen molar-refractivity contribution in [2.24, 2.45) is 5.41 Å². The van der Waals surface area contributed by atoms with E-state index in [1.807, 2.05) is 0 Å². The number of nitrogens with one attached hydrogen (secondary N) is 1. The van der Waals surface area contributed by atoms with Gasteiger partial charge in [0.15, 0.2) is 0 Å². The van der Waals surface area contributed by atoms with E-state index in [2.05, 4.69) is 26.1 Å². The molecule has 0 aliphatic carbocycles. The molecule has 4 nitrogen and oxygen atoms in total. The molecule has 0 fully saturated rings. The third-order valence-electron chi connectivity index (χ3n) is 3.54. The maximum absolute atomic E-state index is 11.3. The van der Waals surface area contributed by atoms with Crippen LogP contribution in [0, 0.1) is 5.41 Å². The summed E-state index contributed by atoms with van der Waals surface area (Å²) in [5, 5.41) is 12.8. The lowest BCUT2D eigenvalue weighted by molar-refractivity contribution is 0.0698. The number of rotatable bonds is 8. The molecule has 0 aromatic heterocycles. The first-order valence-electron chi connectivity index (χ1n) is 7.33. The molecule has 1 aromatic rings. The van der Waals surface area contributed by atoms with Crippen LogP contribution in [0.25, 0.3) is 0 Å². The molecule has 0 aliphatic rings. The minimum atomic E-state index is -1.03. The Morgan fingerprint density at radius 1 is 1.38 bits per heavy atom. The minimum Gasteiger partial charge on any atom is -0.478 e. The lowest BCUT2D eigenvalue weighted by Gasteiger charge is -2.26. The molecule has 0 unspecified atom stereocenters. The van der Waals surface area contributed by atoms with Gasteiger partial charge in [0.1, 0.15) is 0 Å². The van der Waals surface area contributed by atoms with Crippen LogP contribution in [0.2, 0.25) is 5.02 Å². The molecule has 0 bridgehead atoms. The smallest absolute Gasteiger partial charge is 0.337 e. The van der Waals surface area contributed by atoms with Crippen molar-refractivity contribution in [3.8, 4) is 0 Å². The van der Waals surface area contributed by atoms with E-state index in [0.717, 1.165) is 6.42 Å². The first-order chi connectivity index (χ1) is 9.76. The molecule has 118 valence electrons. The highest BCUT2D eigenvalue weighted by atomic mass is 35.5. The maximum Gasteiger partial charge on any atom is 0.337 e. The van der Waals surface area contributed by atoms with Crippen molar-refractivity contribution >= 4 is 28.9 Å². The lowest BCUT2D eigenvalue weighted by Crippen LogP contribution is -2.24. The molecule has 5 heteroatoms. The topological polar surface area (TPSA) is 75.3 Å². The SMILES string of the molecule is CCCCCC(C)(C)CNc1c(Cl)cc(N)cc1C(=O)O. The number of hydrogen-bond donors (Lipinski definition) is 3. The molecule has 21 heavy (non-hydrogen) atoms. The summed E-state index contributed by atoms with van der Waals surface area (Å²) in [5.41, 5.74) is 6.65. The van der Waals surface area contributed by atoms with E-state index in [-0.39, 0.29) is 11.0 Å². The van der Waals surface area contributed by atoms with Gasteiger partial charge in [-0.05, 0) is 24.0 Å². The van der Waals surface area contributed by atoms with Crippen molar-refractivity contribution in [3.05, 3.63) is 22.7 Å². The number of benzene rings is 1. The third-order valence-corrected chi connectivity index (χ3v) is 3.84. The van der Waals surface area contributed by atoms with Gasteiger partial charge in [0.2, 0.25) is 0 Å². The zero-order valence-electron chi connectivity index (χ0n) is 13.0. The first-order valence-corrected chi connectivity index (χ1v) is 7.71. The molecule has 4 N–H and O–H groups in total. The molecule has 0 heterocycles. The number of nitrogen functional groups attached to an aromatic ring is 1. The molecule has 1 aromatic carbocycles. The van der Waals surface area contributed by atoms with Gasteiger partial charge in [0.05, 0.1) is 16.3 Å². The fourth-order valence-electron chi connectivity index (χ4n) is 2.25. The number of carbonyl (C=O) groups is 1. The van der Waals surface area contributed by atoms with E-state index in [4.69, 9.17) is 17.3 Å². The van der Waals surface area contributed by atoms with Crippen molar-refractivity contribution in [2.45, 2.75) is 46.5 Å². The summed E-state index contributed by atoms with van der Waals surface area (Å²) in [4.78, 5) is 11.3. The minimum absolute atomic E-state index is 0.0790. The van der Waals surface area contributed by atoms with Gasteiger partial charge in [0.25, 0.3) is 0 Å². The van der Waals surface area contributed by atoms with E-state index in [0.29, 0.717) is 22.9 Å². The third kappa shape index (κ3) is 5.46. The van der Waals surface area contributed by atoms with Crippen LogP contribution < -0.4 is 11.1 Å². The summed E-state index contributed by atoms with van der Waals surface area (Å²) in [6.45, 7) is 7.18. The van der Waals surface area contributed by atoms with E-state index in [9.17, 15) is 9.90 Å². The van der Waals surface area contributed by atoms with Gasteiger partial charge in [-0.3, -0.25) is 0 Å². The van der Waals surface area contributed by atoms with Crippen molar-refractivity contribution in [1.29, 1.82) is 0 Å². The van der Waals surface area contributed by atoms with Crippen molar-refractivity contribution in [3.63, 3.8) is 0 Å². The zero-order chi connectivity index (χ0) is 16.0. The number of carboxylic acids is 1. The van der Waals surface area contributed by atoms with Crippen LogP contribution in [0.15, 0.2) is 12.1 Å². The highest BCUT2D eigenvalue weighted by Crippen LogP contribution is 2.31. The predicted molar refractivity (Wildman–Crippen MR) is 89.2 cm³/mol. The normalized spacial score (nSPS) is 11.4. The number of hydrogen-bond acceptors (Lipinski definition) is 3. The molecule has 0 aliphatic heterocycles. The highest BCUT2D eigenvalue weighted by Gasteiger charge is 2.20. The fourth-order valence-corrected chi connectivity index (χ4v) is 2.54. The van der Waals surface area contributed by atoms with Gasteiger partial charge in [-0.1, -0.05) is 51.6 Å². The Hall–Kier alpha value is -1.42. The van der Waals surface area contributed by atoms with Gasteiger partial charge in [-0.2, -0.15) is 0 Å².